The third-order valence-corrected chi connectivity index (χ3v) is 4.69. The molecule has 19 heavy (non-hydrogen) atoms. The highest BCUT2D eigenvalue weighted by molar-refractivity contribution is 5.70. The number of esters is 1. The van der Waals surface area contributed by atoms with Crippen molar-refractivity contribution in [1.29, 1.82) is 0 Å². The molecule has 0 aromatic rings. The van der Waals surface area contributed by atoms with E-state index in [-0.39, 0.29) is 28.7 Å². The van der Waals surface area contributed by atoms with E-state index in [1.54, 1.807) is 0 Å². The first-order valence-electron chi connectivity index (χ1n) is 7.46. The molecule has 0 N–H and O–H groups in total. The van der Waals surface area contributed by atoms with Crippen molar-refractivity contribution in [3.05, 3.63) is 0 Å². The van der Waals surface area contributed by atoms with Crippen LogP contribution in [-0.4, -0.2) is 23.3 Å². The highest BCUT2D eigenvalue weighted by atomic mass is 16.6. The molecule has 0 radical (unpaired) electrons. The van der Waals surface area contributed by atoms with Crippen LogP contribution >= 0.6 is 0 Å². The van der Waals surface area contributed by atoms with Gasteiger partial charge in [-0.2, -0.15) is 0 Å². The van der Waals surface area contributed by atoms with Crippen molar-refractivity contribution in [2.75, 3.05) is 0 Å². The molecule has 0 amide bonds. The van der Waals surface area contributed by atoms with Gasteiger partial charge in [0, 0.05) is 6.42 Å². The Hall–Kier alpha value is -0.570. The van der Waals surface area contributed by atoms with Gasteiger partial charge in [-0.1, -0.05) is 34.6 Å². The Morgan fingerprint density at radius 2 is 2.00 bits per heavy atom. The minimum Gasteiger partial charge on any atom is -0.459 e. The van der Waals surface area contributed by atoms with Crippen molar-refractivity contribution in [2.24, 2.45) is 11.3 Å². The number of ether oxygens (including phenoxy) is 2. The molecule has 0 spiro atoms. The summed E-state index contributed by atoms with van der Waals surface area (Å²) in [6.07, 6.45) is 3.34. The van der Waals surface area contributed by atoms with E-state index in [9.17, 15) is 4.79 Å². The first-order valence-corrected chi connectivity index (χ1v) is 7.46. The molecule has 0 aromatic carbocycles. The molecule has 2 rings (SSSR count). The first-order chi connectivity index (χ1) is 8.56. The predicted molar refractivity (Wildman–Crippen MR) is 74.9 cm³/mol. The highest BCUT2D eigenvalue weighted by Gasteiger charge is 2.61. The summed E-state index contributed by atoms with van der Waals surface area (Å²) in [5, 5.41) is 0. The summed E-state index contributed by atoms with van der Waals surface area (Å²) in [5.74, 6) is 0.384. The van der Waals surface area contributed by atoms with E-state index in [1.165, 1.54) is 0 Å². The second-order valence-electron chi connectivity index (χ2n) is 8.05. The molecule has 3 nitrogen and oxygen atoms in total. The largest absolute Gasteiger partial charge is 0.459 e. The molecule has 2 bridgehead atoms. The van der Waals surface area contributed by atoms with Crippen LogP contribution in [0.5, 0.6) is 0 Å². The lowest BCUT2D eigenvalue weighted by Gasteiger charge is -2.31. The van der Waals surface area contributed by atoms with Crippen LogP contribution < -0.4 is 0 Å². The van der Waals surface area contributed by atoms with E-state index in [0.29, 0.717) is 12.3 Å². The van der Waals surface area contributed by atoms with Crippen LogP contribution in [0.1, 0.15) is 67.2 Å². The van der Waals surface area contributed by atoms with E-state index in [1.807, 2.05) is 0 Å². The third kappa shape index (κ3) is 2.81. The second-order valence-corrected chi connectivity index (χ2v) is 8.05. The Morgan fingerprint density at radius 3 is 2.47 bits per heavy atom. The van der Waals surface area contributed by atoms with E-state index in [2.05, 4.69) is 41.5 Å². The molecule has 2 heterocycles. The summed E-state index contributed by atoms with van der Waals surface area (Å²) in [5.41, 5.74) is -0.356. The molecule has 0 unspecified atom stereocenters. The van der Waals surface area contributed by atoms with E-state index in [0.717, 1.165) is 19.3 Å². The summed E-state index contributed by atoms with van der Waals surface area (Å²) < 4.78 is 12.0. The minimum absolute atomic E-state index is 0.0216. The van der Waals surface area contributed by atoms with Crippen LogP contribution in [0.2, 0.25) is 0 Å². The number of hydrogen-bond acceptors (Lipinski definition) is 3. The molecular weight excluding hydrogens is 240 g/mol. The van der Waals surface area contributed by atoms with Gasteiger partial charge in [-0.3, -0.25) is 4.79 Å². The number of carbonyl (C=O) groups excluding carboxylic acids is 1. The molecule has 0 saturated carbocycles. The van der Waals surface area contributed by atoms with Crippen molar-refractivity contribution in [2.45, 2.75) is 84.5 Å². The fourth-order valence-corrected chi connectivity index (χ4v) is 3.37. The van der Waals surface area contributed by atoms with Crippen molar-refractivity contribution in [1.82, 2.24) is 0 Å². The minimum atomic E-state index is -0.266. The maximum absolute atomic E-state index is 12.0. The maximum atomic E-state index is 12.0. The van der Waals surface area contributed by atoms with Gasteiger partial charge in [-0.25, -0.2) is 0 Å². The van der Waals surface area contributed by atoms with Gasteiger partial charge in [0.05, 0.1) is 12.0 Å². The van der Waals surface area contributed by atoms with Crippen LogP contribution in [0.3, 0.4) is 0 Å². The van der Waals surface area contributed by atoms with Gasteiger partial charge >= 0.3 is 5.97 Å². The van der Waals surface area contributed by atoms with Crippen molar-refractivity contribution in [3.8, 4) is 0 Å². The normalized spacial score (nSPS) is 37.9. The zero-order valence-corrected chi connectivity index (χ0v) is 13.2. The second kappa shape index (κ2) is 4.47. The third-order valence-electron chi connectivity index (χ3n) is 4.69. The lowest BCUT2D eigenvalue weighted by molar-refractivity contribution is -0.159. The van der Waals surface area contributed by atoms with Gasteiger partial charge in [0.2, 0.25) is 0 Å². The lowest BCUT2D eigenvalue weighted by Crippen LogP contribution is -2.40. The summed E-state index contributed by atoms with van der Waals surface area (Å²) >= 11 is 0. The Morgan fingerprint density at radius 1 is 1.37 bits per heavy atom. The topological polar surface area (TPSA) is 35.5 Å². The van der Waals surface area contributed by atoms with Gasteiger partial charge in [0.1, 0.15) is 11.7 Å². The Balaban J connectivity index is 2.02. The summed E-state index contributed by atoms with van der Waals surface area (Å²) in [4.78, 5) is 12.0. The zero-order valence-electron chi connectivity index (χ0n) is 13.2. The van der Waals surface area contributed by atoms with Crippen LogP contribution in [0, 0.1) is 11.3 Å². The van der Waals surface area contributed by atoms with E-state index >= 15 is 0 Å². The summed E-state index contributed by atoms with van der Waals surface area (Å²) in [7, 11) is 0. The number of rotatable bonds is 3. The number of hydrogen-bond donors (Lipinski definition) is 0. The summed E-state index contributed by atoms with van der Waals surface area (Å²) in [6, 6.07) is 0. The van der Waals surface area contributed by atoms with Gasteiger partial charge < -0.3 is 9.47 Å². The number of carbonyl (C=O) groups is 1. The lowest BCUT2D eigenvalue weighted by atomic mass is 9.75. The van der Waals surface area contributed by atoms with Crippen molar-refractivity contribution < 1.29 is 14.3 Å². The van der Waals surface area contributed by atoms with E-state index in [4.69, 9.17) is 9.47 Å². The fourth-order valence-electron chi connectivity index (χ4n) is 3.37. The van der Waals surface area contributed by atoms with Gasteiger partial charge in [-0.15, -0.1) is 0 Å². The molecule has 2 aliphatic rings. The van der Waals surface area contributed by atoms with Crippen LogP contribution in [-0.2, 0) is 14.3 Å². The monoisotopic (exact) mass is 268 g/mol. The average Bonchev–Trinajstić information content (AvgIpc) is 2.67. The maximum Gasteiger partial charge on any atom is 0.306 e. The quantitative estimate of drug-likeness (QED) is 0.732. The van der Waals surface area contributed by atoms with Crippen LogP contribution in [0.15, 0.2) is 0 Å². The first kappa shape index (κ1) is 14.8. The molecule has 2 saturated heterocycles. The molecule has 3 atom stereocenters. The van der Waals surface area contributed by atoms with Crippen LogP contribution in [0.4, 0.5) is 0 Å². The Labute approximate surface area is 117 Å². The fraction of sp³-hybridized carbons (Fsp3) is 0.938. The van der Waals surface area contributed by atoms with Gasteiger partial charge in [-0.05, 0) is 31.1 Å². The van der Waals surface area contributed by atoms with Crippen LogP contribution in [0.25, 0.3) is 0 Å². The average molecular weight is 268 g/mol. The highest BCUT2D eigenvalue weighted by Crippen LogP contribution is 2.55. The molecule has 0 aliphatic carbocycles. The van der Waals surface area contributed by atoms with E-state index < -0.39 is 0 Å². The molecule has 0 aromatic heterocycles. The molecular formula is C16H28O3. The number of fused-ring (bicyclic) bond motifs is 2. The smallest absolute Gasteiger partial charge is 0.306 e. The molecule has 2 fully saturated rings. The molecule has 110 valence electrons. The Bertz CT molecular complexity index is 369. The standard InChI is InChI=1S/C16H28O3/c1-11(2)16-8-7-15(6,19-16)12(9-16)18-13(17)10-14(3,4)5/h11-12H,7-10H2,1-6H3/t12-,15+,16-/m1/s1. The SMILES string of the molecule is CC(C)[C@]12CC[C@](C)(O1)[C@H](OC(=O)CC(C)(C)C)C2. The van der Waals surface area contributed by atoms with Crippen molar-refractivity contribution in [3.63, 3.8) is 0 Å². The zero-order chi connectivity index (χ0) is 14.5. The molecule has 3 heteroatoms. The Kier molecular flexibility index (Phi) is 3.49. The molecule has 2 aliphatic heterocycles. The predicted octanol–water partition coefficient (Wildman–Crippen LogP) is 3.70. The van der Waals surface area contributed by atoms with Crippen molar-refractivity contribution >= 4 is 5.97 Å². The summed E-state index contributed by atoms with van der Waals surface area (Å²) in [6.45, 7) is 12.7. The van der Waals surface area contributed by atoms with Gasteiger partial charge in [0.15, 0.2) is 0 Å². The van der Waals surface area contributed by atoms with Gasteiger partial charge in [0.25, 0.3) is 0 Å².